The van der Waals surface area contributed by atoms with E-state index >= 15 is 0 Å². The molecule has 17 heavy (non-hydrogen) atoms. The number of likely N-dealkylation sites (tertiary alicyclic amines) is 1. The minimum absolute atomic E-state index is 0.145. The second-order valence-electron chi connectivity index (χ2n) is 6.16. The van der Waals surface area contributed by atoms with E-state index in [1.165, 1.54) is 0 Å². The highest BCUT2D eigenvalue weighted by atomic mass is 28.4. The van der Waals surface area contributed by atoms with Gasteiger partial charge in [-0.2, -0.15) is 0 Å². The largest absolute Gasteiger partial charge is 0.415 e. The fourth-order valence-corrected chi connectivity index (χ4v) is 2.55. The Kier molecular flexibility index (Phi) is 4.05. The molecule has 1 heterocycles. The lowest BCUT2D eigenvalue weighted by molar-refractivity contribution is -0.146. The van der Waals surface area contributed by atoms with Gasteiger partial charge >= 0.3 is 0 Å². The fourth-order valence-electron chi connectivity index (χ4n) is 1.51. The average molecular weight is 253 g/mol. The molecular formula is C13H23NO2Si. The molecule has 0 aromatic carbocycles. The van der Waals surface area contributed by atoms with Gasteiger partial charge in [0.2, 0.25) is 5.91 Å². The molecule has 1 aliphatic heterocycles. The van der Waals surface area contributed by atoms with Crippen molar-refractivity contribution in [2.45, 2.75) is 51.4 Å². The molecule has 1 rings (SSSR count). The van der Waals surface area contributed by atoms with Crippen molar-refractivity contribution in [1.29, 1.82) is 0 Å². The number of nitrogens with zero attached hydrogens (tertiary/aromatic N) is 1. The van der Waals surface area contributed by atoms with Crippen molar-refractivity contribution in [3.63, 3.8) is 0 Å². The van der Waals surface area contributed by atoms with E-state index in [1.807, 2.05) is 0 Å². The van der Waals surface area contributed by atoms with Crippen LogP contribution in [0.25, 0.3) is 0 Å². The Bertz CT molecular complexity index is 338. The standard InChI is InChI=1S/C13H23NO2Si/c1-7-8-14-11(9-12(14)15)10-16-17(5,6)13(2,3)4/h1,11H,8-10H2,2-6H3. The maximum atomic E-state index is 11.3. The summed E-state index contributed by atoms with van der Waals surface area (Å²) in [6.45, 7) is 12.1. The average Bonchev–Trinajstić information content (AvgIpc) is 2.19. The van der Waals surface area contributed by atoms with Gasteiger partial charge in [0.15, 0.2) is 8.32 Å². The van der Waals surface area contributed by atoms with Crippen LogP contribution in [0.4, 0.5) is 0 Å². The third-order valence-corrected chi connectivity index (χ3v) is 8.38. The van der Waals surface area contributed by atoms with Crippen molar-refractivity contribution in [2.24, 2.45) is 0 Å². The highest BCUT2D eigenvalue weighted by molar-refractivity contribution is 6.74. The van der Waals surface area contributed by atoms with Crippen LogP contribution in [0.5, 0.6) is 0 Å². The number of hydrogen-bond acceptors (Lipinski definition) is 2. The third-order valence-electron chi connectivity index (χ3n) is 3.88. The molecule has 0 aromatic heterocycles. The lowest BCUT2D eigenvalue weighted by Crippen LogP contribution is -2.56. The van der Waals surface area contributed by atoms with E-state index in [-0.39, 0.29) is 17.0 Å². The Morgan fingerprint density at radius 1 is 1.53 bits per heavy atom. The van der Waals surface area contributed by atoms with E-state index in [0.29, 0.717) is 19.6 Å². The number of hydrogen-bond donors (Lipinski definition) is 0. The van der Waals surface area contributed by atoms with Crippen molar-refractivity contribution in [2.75, 3.05) is 13.2 Å². The molecule has 0 saturated carbocycles. The van der Waals surface area contributed by atoms with E-state index in [0.717, 1.165) is 0 Å². The van der Waals surface area contributed by atoms with Gasteiger partial charge in [0, 0.05) is 6.42 Å². The first-order valence-electron chi connectivity index (χ1n) is 6.06. The summed E-state index contributed by atoms with van der Waals surface area (Å²) < 4.78 is 6.10. The van der Waals surface area contributed by atoms with E-state index in [9.17, 15) is 4.79 Å². The zero-order valence-corrected chi connectivity index (χ0v) is 12.5. The lowest BCUT2D eigenvalue weighted by atomic mass is 10.0. The number of β-lactam (4-membered cyclic amide) rings is 1. The Labute approximate surface area is 106 Å². The normalized spacial score (nSPS) is 21.1. The van der Waals surface area contributed by atoms with Crippen molar-refractivity contribution < 1.29 is 9.22 Å². The molecule has 0 aromatic rings. The Balaban J connectivity index is 2.48. The predicted molar refractivity (Wildman–Crippen MR) is 72.1 cm³/mol. The quantitative estimate of drug-likeness (QED) is 0.437. The maximum Gasteiger partial charge on any atom is 0.225 e. The topological polar surface area (TPSA) is 29.5 Å². The second-order valence-corrected chi connectivity index (χ2v) is 11.0. The van der Waals surface area contributed by atoms with Crippen molar-refractivity contribution in [1.82, 2.24) is 4.90 Å². The van der Waals surface area contributed by atoms with Crippen LogP contribution in [0.3, 0.4) is 0 Å². The summed E-state index contributed by atoms with van der Waals surface area (Å²) in [6.07, 6.45) is 5.82. The van der Waals surface area contributed by atoms with E-state index in [4.69, 9.17) is 10.8 Å². The third kappa shape index (κ3) is 3.11. The van der Waals surface area contributed by atoms with Crippen LogP contribution in [-0.2, 0) is 9.22 Å². The molecule has 1 atom stereocenters. The van der Waals surface area contributed by atoms with E-state index in [2.05, 4.69) is 39.8 Å². The smallest absolute Gasteiger partial charge is 0.225 e. The summed E-state index contributed by atoms with van der Waals surface area (Å²) in [5, 5.41) is 0.206. The summed E-state index contributed by atoms with van der Waals surface area (Å²) in [6, 6.07) is 0.188. The molecule has 96 valence electrons. The number of carbonyl (C=O) groups is 1. The van der Waals surface area contributed by atoms with Crippen molar-refractivity contribution in [3.8, 4) is 12.3 Å². The highest BCUT2D eigenvalue weighted by Crippen LogP contribution is 2.37. The van der Waals surface area contributed by atoms with Crippen LogP contribution in [0.1, 0.15) is 27.2 Å². The zero-order chi connectivity index (χ0) is 13.3. The monoisotopic (exact) mass is 253 g/mol. The molecular weight excluding hydrogens is 230 g/mol. The van der Waals surface area contributed by atoms with Crippen LogP contribution in [0.15, 0.2) is 0 Å². The molecule has 0 N–H and O–H groups in total. The summed E-state index contributed by atoms with van der Waals surface area (Å²) in [5.41, 5.74) is 0. The van der Waals surface area contributed by atoms with Gasteiger partial charge in [-0.15, -0.1) is 6.42 Å². The molecule has 0 aliphatic carbocycles. The highest BCUT2D eigenvalue weighted by Gasteiger charge is 2.41. The number of amides is 1. The van der Waals surface area contributed by atoms with Gasteiger partial charge in [-0.05, 0) is 18.1 Å². The number of rotatable bonds is 4. The molecule has 1 saturated heterocycles. The van der Waals surface area contributed by atoms with Crippen LogP contribution in [-0.4, -0.2) is 38.3 Å². The molecule has 0 bridgehead atoms. The van der Waals surface area contributed by atoms with Gasteiger partial charge in [0.1, 0.15) is 0 Å². The molecule has 4 heteroatoms. The first-order valence-corrected chi connectivity index (χ1v) is 8.97. The van der Waals surface area contributed by atoms with Crippen molar-refractivity contribution >= 4 is 14.2 Å². The van der Waals surface area contributed by atoms with E-state index in [1.54, 1.807) is 4.90 Å². The summed E-state index contributed by atoms with van der Waals surface area (Å²) in [4.78, 5) is 13.1. The summed E-state index contributed by atoms with van der Waals surface area (Å²) in [7, 11) is -1.71. The van der Waals surface area contributed by atoms with Crippen LogP contribution in [0, 0.1) is 12.3 Å². The van der Waals surface area contributed by atoms with E-state index < -0.39 is 8.32 Å². The van der Waals surface area contributed by atoms with Gasteiger partial charge in [-0.25, -0.2) is 0 Å². The Hall–Kier alpha value is -0.793. The van der Waals surface area contributed by atoms with Crippen LogP contribution < -0.4 is 0 Å². The maximum absolute atomic E-state index is 11.3. The Morgan fingerprint density at radius 2 is 2.12 bits per heavy atom. The molecule has 0 radical (unpaired) electrons. The summed E-state index contributed by atoms with van der Waals surface area (Å²) >= 11 is 0. The molecule has 1 aliphatic rings. The van der Waals surface area contributed by atoms with Gasteiger partial charge < -0.3 is 9.33 Å². The minimum atomic E-state index is -1.71. The fraction of sp³-hybridized carbons (Fsp3) is 0.769. The molecule has 1 unspecified atom stereocenters. The van der Waals surface area contributed by atoms with Gasteiger partial charge in [0.25, 0.3) is 0 Å². The van der Waals surface area contributed by atoms with Gasteiger partial charge in [-0.3, -0.25) is 4.79 Å². The SMILES string of the molecule is C#CCN1C(=O)CC1CO[Si](C)(C)C(C)(C)C. The number of terminal acetylenes is 1. The number of carbonyl (C=O) groups excluding carboxylic acids is 1. The van der Waals surface area contributed by atoms with Crippen LogP contribution in [0.2, 0.25) is 18.1 Å². The van der Waals surface area contributed by atoms with Crippen LogP contribution >= 0.6 is 0 Å². The summed E-state index contributed by atoms with van der Waals surface area (Å²) in [5.74, 6) is 2.66. The first kappa shape index (κ1) is 14.3. The Morgan fingerprint density at radius 3 is 2.53 bits per heavy atom. The van der Waals surface area contributed by atoms with Gasteiger partial charge in [-0.1, -0.05) is 26.7 Å². The molecule has 0 spiro atoms. The van der Waals surface area contributed by atoms with Crippen molar-refractivity contribution in [3.05, 3.63) is 0 Å². The molecule has 1 fully saturated rings. The lowest BCUT2D eigenvalue weighted by Gasteiger charge is -2.43. The predicted octanol–water partition coefficient (Wildman–Crippen LogP) is 2.24. The molecule has 3 nitrogen and oxygen atoms in total. The first-order chi connectivity index (χ1) is 7.69. The second kappa shape index (κ2) is 4.83. The zero-order valence-electron chi connectivity index (χ0n) is 11.5. The molecule has 1 amide bonds. The van der Waals surface area contributed by atoms with Gasteiger partial charge in [0.05, 0.1) is 19.2 Å². The minimum Gasteiger partial charge on any atom is -0.415 e.